The van der Waals surface area contributed by atoms with Crippen molar-refractivity contribution in [3.05, 3.63) is 94.8 Å². The lowest BCUT2D eigenvalue weighted by Gasteiger charge is -2.33. The average molecular weight is 468 g/mol. The van der Waals surface area contributed by atoms with Crippen LogP contribution in [0.5, 0.6) is 0 Å². The van der Waals surface area contributed by atoms with E-state index in [1.165, 1.54) is 17.8 Å². The lowest BCUT2D eigenvalue weighted by molar-refractivity contribution is -0.123. The van der Waals surface area contributed by atoms with E-state index in [4.69, 9.17) is 11.6 Å². The summed E-state index contributed by atoms with van der Waals surface area (Å²) in [6, 6.07) is 20.3. The number of para-hydroxylation sites is 1. The summed E-state index contributed by atoms with van der Waals surface area (Å²) in [5.74, 6) is 0.00706. The van der Waals surface area contributed by atoms with E-state index in [2.05, 4.69) is 5.32 Å². The van der Waals surface area contributed by atoms with Gasteiger partial charge < -0.3 is 10.2 Å². The number of hydrogen-bond acceptors (Lipinski definition) is 3. The number of anilines is 2. The van der Waals surface area contributed by atoms with Crippen LogP contribution in [0.3, 0.4) is 0 Å². The normalized spacial score (nSPS) is 19.5. The minimum absolute atomic E-state index is 0.0947. The number of carbonyl (C=O) groups is 2. The summed E-state index contributed by atoms with van der Waals surface area (Å²) in [6.07, 6.45) is 0. The molecule has 2 aliphatic heterocycles. The third-order valence-electron chi connectivity index (χ3n) is 5.73. The minimum atomic E-state index is -1.18. The number of fused-ring (bicyclic) bond motifs is 2. The van der Waals surface area contributed by atoms with Gasteiger partial charge in [-0.2, -0.15) is 0 Å². The molecule has 2 heterocycles. The first-order valence-electron chi connectivity index (χ1n) is 10.1. The summed E-state index contributed by atoms with van der Waals surface area (Å²) < 4.78 is 14.4. The zero-order valence-corrected chi connectivity index (χ0v) is 18.5. The molecule has 1 spiro atoms. The second-order valence-electron chi connectivity index (χ2n) is 7.58. The van der Waals surface area contributed by atoms with Crippen molar-refractivity contribution >= 4 is 46.7 Å². The van der Waals surface area contributed by atoms with Crippen molar-refractivity contribution in [3.8, 4) is 0 Å². The highest BCUT2D eigenvalue weighted by molar-refractivity contribution is 8.01. The van der Waals surface area contributed by atoms with Crippen molar-refractivity contribution in [3.63, 3.8) is 0 Å². The van der Waals surface area contributed by atoms with E-state index in [9.17, 15) is 14.0 Å². The summed E-state index contributed by atoms with van der Waals surface area (Å²) >= 11 is 7.37. The number of rotatable bonds is 3. The van der Waals surface area contributed by atoms with Gasteiger partial charge in [0.15, 0.2) is 4.87 Å². The Labute approximate surface area is 194 Å². The Bertz CT molecular complexity index is 1210. The highest BCUT2D eigenvalue weighted by atomic mass is 35.5. The Kier molecular flexibility index (Phi) is 5.31. The van der Waals surface area contributed by atoms with E-state index < -0.39 is 4.87 Å². The first-order chi connectivity index (χ1) is 15.5. The molecule has 0 saturated carbocycles. The Balaban J connectivity index is 1.51. The maximum atomic E-state index is 14.4. The molecule has 1 saturated heterocycles. The standard InChI is InChI=1S/C24H19ClFN3O2S/c25-17-9-11-18(12-10-17)27-23(31)29-13-14-32-24(29)19-6-2-4-8-21(19)28(22(24)30)15-16-5-1-3-7-20(16)26/h1-12H,13-15H2,(H,27,31). The molecule has 5 rings (SSSR count). The third-order valence-corrected chi connectivity index (χ3v) is 7.40. The molecule has 3 aromatic carbocycles. The van der Waals surface area contributed by atoms with Gasteiger partial charge in [-0.15, -0.1) is 11.8 Å². The summed E-state index contributed by atoms with van der Waals surface area (Å²) in [7, 11) is 0. The van der Waals surface area contributed by atoms with Crippen LogP contribution >= 0.6 is 23.4 Å². The lowest BCUT2D eigenvalue weighted by atomic mass is 10.1. The molecule has 0 bridgehead atoms. The van der Waals surface area contributed by atoms with Crippen molar-refractivity contribution < 1.29 is 14.0 Å². The molecule has 3 aromatic rings. The van der Waals surface area contributed by atoms with Gasteiger partial charge in [0, 0.05) is 34.1 Å². The number of nitrogens with one attached hydrogen (secondary N) is 1. The molecule has 0 aromatic heterocycles. The van der Waals surface area contributed by atoms with E-state index in [0.29, 0.717) is 34.3 Å². The third kappa shape index (κ3) is 3.32. The molecule has 32 heavy (non-hydrogen) atoms. The quantitative estimate of drug-likeness (QED) is 0.556. The number of nitrogens with zero attached hydrogens (tertiary/aromatic N) is 2. The molecule has 1 unspecified atom stereocenters. The summed E-state index contributed by atoms with van der Waals surface area (Å²) in [6.45, 7) is 0.509. The van der Waals surface area contributed by atoms with Crippen molar-refractivity contribution in [2.45, 2.75) is 11.4 Å². The van der Waals surface area contributed by atoms with E-state index >= 15 is 0 Å². The van der Waals surface area contributed by atoms with Gasteiger partial charge in [0.25, 0.3) is 5.91 Å². The van der Waals surface area contributed by atoms with Crippen LogP contribution in [0.25, 0.3) is 0 Å². The molecule has 5 nitrogen and oxygen atoms in total. The van der Waals surface area contributed by atoms with Crippen LogP contribution in [0.1, 0.15) is 11.1 Å². The molecule has 162 valence electrons. The molecular formula is C24H19ClFN3O2S. The van der Waals surface area contributed by atoms with Gasteiger partial charge in [0.2, 0.25) is 0 Å². The second-order valence-corrected chi connectivity index (χ2v) is 9.31. The first-order valence-corrected chi connectivity index (χ1v) is 11.5. The molecule has 1 fully saturated rings. The number of thioether (sulfide) groups is 1. The Morgan fingerprint density at radius 2 is 1.78 bits per heavy atom. The van der Waals surface area contributed by atoms with Crippen LogP contribution in [-0.2, 0) is 16.2 Å². The van der Waals surface area contributed by atoms with Crippen LogP contribution in [0.15, 0.2) is 72.8 Å². The number of hydrogen-bond donors (Lipinski definition) is 1. The molecule has 1 N–H and O–H groups in total. The summed E-state index contributed by atoms with van der Waals surface area (Å²) in [5, 5.41) is 3.44. The van der Waals surface area contributed by atoms with E-state index in [1.54, 1.807) is 52.3 Å². The maximum absolute atomic E-state index is 14.4. The lowest BCUT2D eigenvalue weighted by Crippen LogP contribution is -2.51. The highest BCUT2D eigenvalue weighted by Crippen LogP contribution is 2.54. The maximum Gasteiger partial charge on any atom is 0.323 e. The van der Waals surface area contributed by atoms with Crippen LogP contribution in [0, 0.1) is 5.82 Å². The topological polar surface area (TPSA) is 52.7 Å². The predicted molar refractivity (Wildman–Crippen MR) is 125 cm³/mol. The number of amides is 3. The van der Waals surface area contributed by atoms with Gasteiger partial charge in [-0.05, 0) is 36.4 Å². The fourth-order valence-electron chi connectivity index (χ4n) is 4.25. The summed E-state index contributed by atoms with van der Waals surface area (Å²) in [4.78, 5) is 29.1. The van der Waals surface area contributed by atoms with Gasteiger partial charge in [0.05, 0.1) is 12.2 Å². The molecule has 8 heteroatoms. The Hall–Kier alpha value is -3.03. The zero-order chi connectivity index (χ0) is 22.3. The largest absolute Gasteiger partial charge is 0.323 e. The van der Waals surface area contributed by atoms with Crippen molar-refractivity contribution in [2.75, 3.05) is 22.5 Å². The number of urea groups is 1. The monoisotopic (exact) mass is 467 g/mol. The van der Waals surface area contributed by atoms with Gasteiger partial charge in [0.1, 0.15) is 5.82 Å². The van der Waals surface area contributed by atoms with Gasteiger partial charge in [-0.3, -0.25) is 9.69 Å². The van der Waals surface area contributed by atoms with Crippen molar-refractivity contribution in [1.29, 1.82) is 0 Å². The van der Waals surface area contributed by atoms with E-state index in [-0.39, 0.29) is 24.3 Å². The van der Waals surface area contributed by atoms with Crippen molar-refractivity contribution in [1.82, 2.24) is 4.90 Å². The Morgan fingerprint density at radius 3 is 2.56 bits per heavy atom. The smallest absolute Gasteiger partial charge is 0.308 e. The van der Waals surface area contributed by atoms with Crippen LogP contribution in [0.4, 0.5) is 20.6 Å². The minimum Gasteiger partial charge on any atom is -0.308 e. The van der Waals surface area contributed by atoms with Crippen molar-refractivity contribution in [2.24, 2.45) is 0 Å². The van der Waals surface area contributed by atoms with E-state index in [0.717, 1.165) is 5.56 Å². The fraction of sp³-hybridized carbons (Fsp3) is 0.167. The molecule has 1 atom stereocenters. The number of halogens is 2. The fourth-order valence-corrected chi connectivity index (χ4v) is 5.83. The molecule has 2 aliphatic rings. The van der Waals surface area contributed by atoms with Gasteiger partial charge >= 0.3 is 6.03 Å². The SMILES string of the molecule is O=C(Nc1ccc(Cl)cc1)N1CCSC12C(=O)N(Cc1ccccc1F)c1ccccc12. The number of carbonyl (C=O) groups excluding carboxylic acids is 2. The molecule has 0 radical (unpaired) electrons. The zero-order valence-electron chi connectivity index (χ0n) is 16.9. The molecule has 3 amide bonds. The van der Waals surface area contributed by atoms with Crippen LogP contribution in [0.2, 0.25) is 5.02 Å². The Morgan fingerprint density at radius 1 is 1.06 bits per heavy atom. The average Bonchev–Trinajstić information content (AvgIpc) is 3.34. The number of benzene rings is 3. The first kappa shape index (κ1) is 20.8. The van der Waals surface area contributed by atoms with Crippen LogP contribution in [-0.4, -0.2) is 29.1 Å². The van der Waals surface area contributed by atoms with E-state index in [1.807, 2.05) is 24.3 Å². The van der Waals surface area contributed by atoms with Gasteiger partial charge in [-0.1, -0.05) is 48.0 Å². The van der Waals surface area contributed by atoms with Gasteiger partial charge in [-0.25, -0.2) is 9.18 Å². The predicted octanol–water partition coefficient (Wildman–Crippen LogP) is 5.46. The molecular weight excluding hydrogens is 449 g/mol. The summed E-state index contributed by atoms with van der Waals surface area (Å²) in [5.41, 5.74) is 2.45. The molecule has 0 aliphatic carbocycles. The second kappa shape index (κ2) is 8.15. The van der Waals surface area contributed by atoms with Crippen LogP contribution < -0.4 is 10.2 Å². The highest BCUT2D eigenvalue weighted by Gasteiger charge is 2.59.